The van der Waals surface area contributed by atoms with Gasteiger partial charge in [-0.2, -0.15) is 0 Å². The zero-order valence-corrected chi connectivity index (χ0v) is 9.05. The van der Waals surface area contributed by atoms with E-state index in [1.165, 1.54) is 0 Å². The Kier molecular flexibility index (Phi) is 2.22. The maximum atomic E-state index is 12.2. The Balaban J connectivity index is 2.07. The number of nitrogens with zero attached hydrogens (tertiary/aromatic N) is 1. The molecule has 0 radical (unpaired) electrons. The van der Waals surface area contributed by atoms with Crippen molar-refractivity contribution in [1.29, 1.82) is 0 Å². The third-order valence-corrected chi connectivity index (χ3v) is 2.67. The van der Waals surface area contributed by atoms with Crippen LogP contribution in [-0.4, -0.2) is 15.8 Å². The third-order valence-electron chi connectivity index (χ3n) is 2.67. The number of benzene rings is 1. The summed E-state index contributed by atoms with van der Waals surface area (Å²) in [7, 11) is 0. The molecule has 2 heterocycles. The van der Waals surface area contributed by atoms with Gasteiger partial charge >= 0.3 is 0 Å². The monoisotopic (exact) mass is 222 g/mol. The van der Waals surface area contributed by atoms with Crippen LogP contribution in [-0.2, 0) is 0 Å². The lowest BCUT2D eigenvalue weighted by Gasteiger charge is -1.96. The predicted molar refractivity (Wildman–Crippen MR) is 66.0 cm³/mol. The molecule has 0 saturated carbocycles. The minimum absolute atomic E-state index is 0.0106. The van der Waals surface area contributed by atoms with Crippen LogP contribution in [0.2, 0.25) is 0 Å². The molecule has 0 atom stereocenters. The van der Waals surface area contributed by atoms with E-state index < -0.39 is 0 Å². The number of hydrogen-bond donors (Lipinski definition) is 1. The summed E-state index contributed by atoms with van der Waals surface area (Å²) in [5, 5.41) is 0. The van der Waals surface area contributed by atoms with Crippen LogP contribution < -0.4 is 0 Å². The highest BCUT2D eigenvalue weighted by molar-refractivity contribution is 6.09. The number of H-pyrrole nitrogens is 1. The van der Waals surface area contributed by atoms with Crippen LogP contribution in [0.3, 0.4) is 0 Å². The van der Waals surface area contributed by atoms with Gasteiger partial charge in [0.25, 0.3) is 0 Å². The number of aromatic amines is 1. The Morgan fingerprint density at radius 1 is 1.06 bits per heavy atom. The summed E-state index contributed by atoms with van der Waals surface area (Å²) in [4.78, 5) is 19.4. The quantitative estimate of drug-likeness (QED) is 0.677. The Morgan fingerprint density at radius 3 is 2.65 bits per heavy atom. The fraction of sp³-hybridized carbons (Fsp3) is 0. The molecule has 3 nitrogen and oxygen atoms in total. The zero-order valence-electron chi connectivity index (χ0n) is 9.05. The van der Waals surface area contributed by atoms with Gasteiger partial charge in [0, 0.05) is 11.8 Å². The van der Waals surface area contributed by atoms with Crippen molar-refractivity contribution in [3.8, 4) is 0 Å². The van der Waals surface area contributed by atoms with E-state index in [2.05, 4.69) is 9.97 Å². The lowest BCUT2D eigenvalue weighted by molar-refractivity contribution is 0.103. The molecule has 0 amide bonds. The first kappa shape index (κ1) is 9.78. The molecule has 1 N–H and O–H groups in total. The van der Waals surface area contributed by atoms with Crippen molar-refractivity contribution >= 4 is 16.8 Å². The van der Waals surface area contributed by atoms with Crippen molar-refractivity contribution in [2.45, 2.75) is 0 Å². The Bertz CT molecular complexity index is 638. The van der Waals surface area contributed by atoms with Crippen molar-refractivity contribution in [2.24, 2.45) is 0 Å². The van der Waals surface area contributed by atoms with E-state index in [1.54, 1.807) is 24.4 Å². The summed E-state index contributed by atoms with van der Waals surface area (Å²) in [6.07, 6.45) is 1.72. The average Bonchev–Trinajstić information content (AvgIpc) is 2.82. The Labute approximate surface area is 98.1 Å². The third kappa shape index (κ3) is 1.72. The molecule has 17 heavy (non-hydrogen) atoms. The second-order valence-electron chi connectivity index (χ2n) is 3.81. The summed E-state index contributed by atoms with van der Waals surface area (Å²) in [6, 6.07) is 14.7. The number of ketones is 1. The van der Waals surface area contributed by atoms with Crippen LogP contribution >= 0.6 is 0 Å². The summed E-state index contributed by atoms with van der Waals surface area (Å²) in [5.74, 6) is -0.0106. The SMILES string of the molecule is O=C(c1ccccc1)c1cc2ncccc2[nH]1. The number of fused-ring (bicyclic) bond motifs is 1. The number of rotatable bonds is 2. The normalized spacial score (nSPS) is 10.6. The molecule has 0 aliphatic rings. The van der Waals surface area contributed by atoms with E-state index in [-0.39, 0.29) is 5.78 Å². The van der Waals surface area contributed by atoms with Crippen LogP contribution in [0.1, 0.15) is 16.1 Å². The van der Waals surface area contributed by atoms with Crippen molar-refractivity contribution in [1.82, 2.24) is 9.97 Å². The van der Waals surface area contributed by atoms with Crippen molar-refractivity contribution in [3.63, 3.8) is 0 Å². The molecule has 0 fully saturated rings. The second kappa shape index (κ2) is 3.87. The van der Waals surface area contributed by atoms with Gasteiger partial charge in [-0.15, -0.1) is 0 Å². The van der Waals surface area contributed by atoms with Gasteiger partial charge in [-0.05, 0) is 18.2 Å². The van der Waals surface area contributed by atoms with Crippen LogP contribution in [0.4, 0.5) is 0 Å². The van der Waals surface area contributed by atoms with E-state index in [1.807, 2.05) is 30.3 Å². The van der Waals surface area contributed by atoms with E-state index in [0.29, 0.717) is 11.3 Å². The molecule has 0 aliphatic carbocycles. The lowest BCUT2D eigenvalue weighted by atomic mass is 10.1. The number of hydrogen-bond acceptors (Lipinski definition) is 2. The first-order chi connectivity index (χ1) is 8.34. The van der Waals surface area contributed by atoms with Crippen LogP contribution in [0.15, 0.2) is 54.7 Å². The molecular weight excluding hydrogens is 212 g/mol. The van der Waals surface area contributed by atoms with Gasteiger partial charge in [0.1, 0.15) is 0 Å². The van der Waals surface area contributed by atoms with Crippen molar-refractivity contribution in [3.05, 3.63) is 66.0 Å². The highest BCUT2D eigenvalue weighted by Gasteiger charge is 2.11. The molecular formula is C14H10N2O. The van der Waals surface area contributed by atoms with Crippen LogP contribution in [0.5, 0.6) is 0 Å². The van der Waals surface area contributed by atoms with Crippen molar-refractivity contribution in [2.75, 3.05) is 0 Å². The standard InChI is InChI=1S/C14H10N2O/c17-14(10-5-2-1-3-6-10)13-9-12-11(16-13)7-4-8-15-12/h1-9,16H. The summed E-state index contributed by atoms with van der Waals surface area (Å²) in [5.41, 5.74) is 2.95. The molecule has 82 valence electrons. The van der Waals surface area contributed by atoms with Gasteiger partial charge in [-0.25, -0.2) is 0 Å². The number of nitrogens with one attached hydrogen (secondary N) is 1. The maximum Gasteiger partial charge on any atom is 0.209 e. The highest BCUT2D eigenvalue weighted by atomic mass is 16.1. The Hall–Kier alpha value is -2.42. The largest absolute Gasteiger partial charge is 0.350 e. The second-order valence-corrected chi connectivity index (χ2v) is 3.81. The Morgan fingerprint density at radius 2 is 1.88 bits per heavy atom. The van der Waals surface area contributed by atoms with E-state index >= 15 is 0 Å². The number of carbonyl (C=O) groups excluding carboxylic acids is 1. The van der Waals surface area contributed by atoms with E-state index in [4.69, 9.17) is 0 Å². The molecule has 3 aromatic rings. The molecule has 1 aromatic carbocycles. The van der Waals surface area contributed by atoms with Gasteiger partial charge in [-0.3, -0.25) is 9.78 Å². The first-order valence-corrected chi connectivity index (χ1v) is 5.38. The summed E-state index contributed by atoms with van der Waals surface area (Å²) >= 11 is 0. The first-order valence-electron chi connectivity index (χ1n) is 5.38. The number of aromatic nitrogens is 2. The highest BCUT2D eigenvalue weighted by Crippen LogP contribution is 2.15. The number of carbonyl (C=O) groups is 1. The van der Waals surface area contributed by atoms with E-state index in [9.17, 15) is 4.79 Å². The zero-order chi connectivity index (χ0) is 11.7. The molecule has 2 aromatic heterocycles. The molecule has 0 saturated heterocycles. The summed E-state index contributed by atoms with van der Waals surface area (Å²) < 4.78 is 0. The van der Waals surface area contributed by atoms with Crippen LogP contribution in [0, 0.1) is 0 Å². The van der Waals surface area contributed by atoms with E-state index in [0.717, 1.165) is 11.0 Å². The van der Waals surface area contributed by atoms with Gasteiger partial charge < -0.3 is 4.98 Å². The number of pyridine rings is 1. The van der Waals surface area contributed by atoms with Crippen LogP contribution in [0.25, 0.3) is 11.0 Å². The molecule has 0 aliphatic heterocycles. The molecule has 3 rings (SSSR count). The molecule has 0 bridgehead atoms. The minimum atomic E-state index is -0.0106. The maximum absolute atomic E-state index is 12.2. The van der Waals surface area contributed by atoms with Gasteiger partial charge in [0.05, 0.1) is 16.7 Å². The molecule has 0 unspecified atom stereocenters. The van der Waals surface area contributed by atoms with Crippen molar-refractivity contribution < 1.29 is 4.79 Å². The smallest absolute Gasteiger partial charge is 0.209 e. The fourth-order valence-electron chi connectivity index (χ4n) is 1.82. The van der Waals surface area contributed by atoms with Gasteiger partial charge in [0.15, 0.2) is 0 Å². The minimum Gasteiger partial charge on any atom is -0.350 e. The van der Waals surface area contributed by atoms with Gasteiger partial charge in [0.2, 0.25) is 5.78 Å². The van der Waals surface area contributed by atoms with Gasteiger partial charge in [-0.1, -0.05) is 30.3 Å². The summed E-state index contributed by atoms with van der Waals surface area (Å²) in [6.45, 7) is 0. The average molecular weight is 222 g/mol. The fourth-order valence-corrected chi connectivity index (χ4v) is 1.82. The molecule has 3 heteroatoms. The molecule has 0 spiro atoms. The topological polar surface area (TPSA) is 45.8 Å². The predicted octanol–water partition coefficient (Wildman–Crippen LogP) is 2.79. The lowest BCUT2D eigenvalue weighted by Crippen LogP contribution is -2.00.